The van der Waals surface area contributed by atoms with E-state index in [2.05, 4.69) is 17.2 Å². The number of aromatic nitrogens is 3. The Labute approximate surface area is 238 Å². The van der Waals surface area contributed by atoms with Crippen LogP contribution >= 0.6 is 11.8 Å². The van der Waals surface area contributed by atoms with E-state index < -0.39 is 11.4 Å². The number of benzene rings is 1. The predicted molar refractivity (Wildman–Crippen MR) is 159 cm³/mol. The number of amides is 1. The van der Waals surface area contributed by atoms with E-state index >= 15 is 0 Å². The van der Waals surface area contributed by atoms with Crippen LogP contribution in [0.5, 0.6) is 0 Å². The fourth-order valence-electron chi connectivity index (χ4n) is 6.12. The molecule has 3 aromatic rings. The fraction of sp³-hybridized carbons (Fsp3) is 0.548. The summed E-state index contributed by atoms with van der Waals surface area (Å²) in [6, 6.07) is 8.70. The number of unbranched alkanes of at least 4 members (excludes halogenated alkanes) is 3. The van der Waals surface area contributed by atoms with Crippen molar-refractivity contribution < 1.29 is 9.18 Å². The second-order valence-electron chi connectivity index (χ2n) is 11.2. The first-order chi connectivity index (χ1) is 19.5. The van der Waals surface area contributed by atoms with Crippen LogP contribution < -0.4 is 16.6 Å². The number of aryl methyl sites for hydroxylation is 1. The summed E-state index contributed by atoms with van der Waals surface area (Å²) in [5.74, 6) is 1.19. The Kier molecular flexibility index (Phi) is 9.40. The number of fused-ring (bicyclic) bond motifs is 1. The van der Waals surface area contributed by atoms with Crippen molar-refractivity contribution in [2.24, 2.45) is 0 Å². The van der Waals surface area contributed by atoms with Gasteiger partial charge in [0.05, 0.1) is 11.6 Å². The second-order valence-corrected chi connectivity index (χ2v) is 12.4. The van der Waals surface area contributed by atoms with Crippen molar-refractivity contribution in [3.05, 3.63) is 74.3 Å². The molecule has 2 aromatic heterocycles. The third-order valence-corrected chi connectivity index (χ3v) is 9.46. The molecule has 7 nitrogen and oxygen atoms in total. The van der Waals surface area contributed by atoms with Gasteiger partial charge in [-0.25, -0.2) is 14.2 Å². The van der Waals surface area contributed by atoms with Crippen LogP contribution in [0.3, 0.4) is 0 Å². The van der Waals surface area contributed by atoms with Crippen molar-refractivity contribution in [1.82, 2.24) is 19.4 Å². The molecule has 5 rings (SSSR count). The monoisotopic (exact) mass is 566 g/mol. The zero-order valence-electron chi connectivity index (χ0n) is 23.2. The lowest BCUT2D eigenvalue weighted by Gasteiger charge is -2.31. The molecule has 2 aliphatic rings. The van der Waals surface area contributed by atoms with Crippen molar-refractivity contribution in [2.75, 3.05) is 11.5 Å². The summed E-state index contributed by atoms with van der Waals surface area (Å²) in [6.07, 6.45) is 11.1. The zero-order chi connectivity index (χ0) is 28.1. The van der Waals surface area contributed by atoms with Crippen LogP contribution in [0.1, 0.15) is 99.1 Å². The first-order valence-electron chi connectivity index (χ1n) is 14.8. The van der Waals surface area contributed by atoms with E-state index in [-0.39, 0.29) is 40.8 Å². The molecule has 0 unspecified atom stereocenters. The molecular weight excluding hydrogens is 527 g/mol. The molecule has 1 aliphatic carbocycles. The average Bonchev–Trinajstić information content (AvgIpc) is 2.97. The summed E-state index contributed by atoms with van der Waals surface area (Å²) in [7, 11) is 0. The normalized spacial score (nSPS) is 20.1. The molecule has 214 valence electrons. The van der Waals surface area contributed by atoms with Crippen molar-refractivity contribution in [1.29, 1.82) is 0 Å². The molecule has 1 amide bonds. The van der Waals surface area contributed by atoms with Crippen LogP contribution in [0.2, 0.25) is 0 Å². The van der Waals surface area contributed by atoms with E-state index in [0.29, 0.717) is 31.2 Å². The van der Waals surface area contributed by atoms with Gasteiger partial charge in [-0.2, -0.15) is 11.8 Å². The topological polar surface area (TPSA) is 86.0 Å². The molecule has 1 aromatic carbocycles. The van der Waals surface area contributed by atoms with Gasteiger partial charge in [0.15, 0.2) is 0 Å². The molecule has 9 heteroatoms. The largest absolute Gasteiger partial charge is 0.349 e. The summed E-state index contributed by atoms with van der Waals surface area (Å²) >= 11 is 1.85. The summed E-state index contributed by atoms with van der Waals surface area (Å²) in [6.45, 7) is 2.21. The van der Waals surface area contributed by atoms with Gasteiger partial charge in [0.2, 0.25) is 0 Å². The van der Waals surface area contributed by atoms with Gasteiger partial charge in [0.25, 0.3) is 11.5 Å². The van der Waals surface area contributed by atoms with E-state index in [1.807, 2.05) is 36.0 Å². The molecule has 1 saturated heterocycles. The molecule has 2 fully saturated rings. The lowest BCUT2D eigenvalue weighted by atomic mass is 9.90. The highest BCUT2D eigenvalue weighted by molar-refractivity contribution is 7.99. The van der Waals surface area contributed by atoms with Gasteiger partial charge < -0.3 is 5.32 Å². The highest BCUT2D eigenvalue weighted by Crippen LogP contribution is 2.30. The Morgan fingerprint density at radius 3 is 2.38 bits per heavy atom. The second kappa shape index (κ2) is 13.1. The summed E-state index contributed by atoms with van der Waals surface area (Å²) < 4.78 is 17.1. The number of carbonyl (C=O) groups is 1. The highest BCUT2D eigenvalue weighted by Gasteiger charge is 2.29. The molecule has 1 N–H and O–H groups in total. The van der Waals surface area contributed by atoms with Gasteiger partial charge in [-0.05, 0) is 86.6 Å². The van der Waals surface area contributed by atoms with Crippen molar-refractivity contribution in [3.63, 3.8) is 0 Å². The number of thioether (sulfide) groups is 1. The van der Waals surface area contributed by atoms with E-state index in [1.165, 1.54) is 41.9 Å². The van der Waals surface area contributed by atoms with E-state index in [0.717, 1.165) is 37.0 Å². The molecule has 40 heavy (non-hydrogen) atoms. The minimum atomic E-state index is -0.587. The summed E-state index contributed by atoms with van der Waals surface area (Å²) in [4.78, 5) is 44.4. The summed E-state index contributed by atoms with van der Waals surface area (Å²) in [5.41, 5.74) is 1.35. The molecule has 0 atom stereocenters. The SMILES string of the molecule is CCCCCCc1ccc(C(=O)NC2CCC(n3c(=O)c4cc(F)cnc4n(C4CCSCC4)c3=O)CC2)cc1. The van der Waals surface area contributed by atoms with Crippen LogP contribution in [-0.2, 0) is 6.42 Å². The van der Waals surface area contributed by atoms with Crippen molar-refractivity contribution >= 4 is 28.7 Å². The molecule has 0 radical (unpaired) electrons. The number of halogens is 1. The standard InChI is InChI=1S/C31H39FN4O3S/c1-2-3-4-5-6-21-7-9-22(10-8-21)29(37)34-24-11-13-25(14-12-24)36-30(38)27-19-23(32)20-33-28(27)35(31(36)39)26-15-17-40-18-16-26/h7-10,19-20,24-26H,2-6,11-18H2,1H3,(H,34,37). The Morgan fingerprint density at radius 2 is 1.68 bits per heavy atom. The van der Waals surface area contributed by atoms with Gasteiger partial charge in [-0.1, -0.05) is 38.3 Å². The van der Waals surface area contributed by atoms with Gasteiger partial charge in [-0.15, -0.1) is 0 Å². The number of nitrogens with one attached hydrogen (secondary N) is 1. The molecule has 1 saturated carbocycles. The Balaban J connectivity index is 1.28. The van der Waals surface area contributed by atoms with E-state index in [9.17, 15) is 18.8 Å². The van der Waals surface area contributed by atoms with Gasteiger partial charge >= 0.3 is 5.69 Å². The number of nitrogens with zero attached hydrogens (tertiary/aromatic N) is 3. The molecular formula is C31H39FN4O3S. The Hall–Kier alpha value is -2.94. The Morgan fingerprint density at radius 1 is 0.975 bits per heavy atom. The van der Waals surface area contributed by atoms with Gasteiger partial charge in [-0.3, -0.25) is 18.7 Å². The van der Waals surface area contributed by atoms with Crippen LogP contribution in [0.4, 0.5) is 4.39 Å². The third kappa shape index (κ3) is 6.35. The maximum absolute atomic E-state index is 14.1. The fourth-order valence-corrected chi connectivity index (χ4v) is 7.21. The number of carbonyl (C=O) groups excluding carboxylic acids is 1. The van der Waals surface area contributed by atoms with Crippen LogP contribution in [-0.4, -0.2) is 37.6 Å². The van der Waals surface area contributed by atoms with Crippen molar-refractivity contribution in [2.45, 2.75) is 95.7 Å². The van der Waals surface area contributed by atoms with Gasteiger partial charge in [0.1, 0.15) is 11.5 Å². The lowest BCUT2D eigenvalue weighted by molar-refractivity contribution is 0.0922. The summed E-state index contributed by atoms with van der Waals surface area (Å²) in [5, 5.41) is 3.30. The maximum Gasteiger partial charge on any atom is 0.333 e. The first-order valence-corrected chi connectivity index (χ1v) is 15.9. The zero-order valence-corrected chi connectivity index (χ0v) is 24.1. The third-order valence-electron chi connectivity index (χ3n) is 8.41. The molecule has 1 aliphatic heterocycles. The molecule has 0 bridgehead atoms. The number of hydrogen-bond donors (Lipinski definition) is 1. The number of hydrogen-bond acceptors (Lipinski definition) is 5. The minimum absolute atomic E-state index is 0.0228. The van der Waals surface area contributed by atoms with Crippen LogP contribution in [0.25, 0.3) is 11.0 Å². The van der Waals surface area contributed by atoms with Gasteiger partial charge in [0, 0.05) is 23.7 Å². The molecule has 0 spiro atoms. The smallest absolute Gasteiger partial charge is 0.333 e. The van der Waals surface area contributed by atoms with E-state index in [1.54, 1.807) is 4.57 Å². The number of pyridine rings is 1. The van der Waals surface area contributed by atoms with Crippen LogP contribution in [0.15, 0.2) is 46.1 Å². The van der Waals surface area contributed by atoms with Crippen molar-refractivity contribution in [3.8, 4) is 0 Å². The average molecular weight is 567 g/mol. The molecule has 3 heterocycles. The maximum atomic E-state index is 14.1. The van der Waals surface area contributed by atoms with Crippen LogP contribution in [0, 0.1) is 5.82 Å². The highest BCUT2D eigenvalue weighted by atomic mass is 32.2. The predicted octanol–water partition coefficient (Wildman–Crippen LogP) is 5.80. The number of rotatable bonds is 9. The lowest BCUT2D eigenvalue weighted by Crippen LogP contribution is -2.46. The van der Waals surface area contributed by atoms with E-state index in [4.69, 9.17) is 0 Å². The minimum Gasteiger partial charge on any atom is -0.349 e. The quantitative estimate of drug-likeness (QED) is 0.331. The first kappa shape index (κ1) is 28.6. The Bertz CT molecular complexity index is 1440.